The molecule has 2 aliphatic heterocycles. The summed E-state index contributed by atoms with van der Waals surface area (Å²) < 4.78 is 51.8. The number of allylic oxidation sites excluding steroid dienone is 2. The number of aromatic nitrogens is 1. The van der Waals surface area contributed by atoms with Crippen molar-refractivity contribution >= 4 is 70.9 Å². The molecule has 1 saturated carbocycles. The second-order valence-electron chi connectivity index (χ2n) is 14.7. The van der Waals surface area contributed by atoms with E-state index >= 15 is 4.79 Å². The molecule has 0 spiro atoms. The van der Waals surface area contributed by atoms with Crippen LogP contribution in [-0.2, 0) is 30.8 Å². The number of anilines is 2. The standard InChI is InChI=1S/C40H32BCl2F3N4O9/c1-58-23-14-29(51)32(30(15-23)59-2)33-24-10-11-25-31(37(54)49(35(25)52)22-5-3-4-20(13-22)41(56)57)26(24)16-27-36(53)50(38(55)39(27,33)18-6-8-21(42)9-7-18)48-34-28(43)12-19(17-47-34)40(44,45)46/h3-10,12-15,17,25-27,31,33,51,56-57H,11,16H2,1-2H3,(H,47,48)/t25-,26+,27-,31-,33+,39+/m0/s1. The predicted molar refractivity (Wildman–Crippen MR) is 207 cm³/mol. The molecule has 59 heavy (non-hydrogen) atoms. The summed E-state index contributed by atoms with van der Waals surface area (Å²) >= 11 is 12.6. The number of ether oxygens (including phenoxy) is 2. The number of amides is 4. The van der Waals surface area contributed by atoms with Gasteiger partial charge in [0.15, 0.2) is 5.82 Å². The Morgan fingerprint density at radius 1 is 0.932 bits per heavy atom. The van der Waals surface area contributed by atoms with Crippen LogP contribution in [0.4, 0.5) is 24.7 Å². The van der Waals surface area contributed by atoms with Crippen molar-refractivity contribution < 1.29 is 57.0 Å². The maximum absolute atomic E-state index is 15.5. The van der Waals surface area contributed by atoms with Crippen molar-refractivity contribution in [2.75, 3.05) is 24.5 Å². The van der Waals surface area contributed by atoms with E-state index in [0.29, 0.717) is 22.8 Å². The fourth-order valence-electron chi connectivity index (χ4n) is 9.34. The molecular formula is C40H32BCl2F3N4O9. The Labute approximate surface area is 344 Å². The zero-order chi connectivity index (χ0) is 42.3. The number of benzene rings is 3. The first kappa shape index (κ1) is 40.2. The van der Waals surface area contributed by atoms with E-state index < -0.39 is 94.1 Å². The van der Waals surface area contributed by atoms with E-state index in [2.05, 4.69) is 10.4 Å². The van der Waals surface area contributed by atoms with Gasteiger partial charge in [-0.05, 0) is 60.1 Å². The SMILES string of the molecule is COc1cc(O)c([C@H]2C3=CC[C@@H]4C(=O)N(c5cccc(B(O)O)c5)C(=O)[C@@H]4[C@@H]3C[C@H]3C(=O)N(Nc4ncc(C(F)(F)F)cc4Cl)C(=O)[C@@]23c2ccc(Cl)cc2)c(OC)c1. The van der Waals surface area contributed by atoms with Gasteiger partial charge >= 0.3 is 13.3 Å². The van der Waals surface area contributed by atoms with Gasteiger partial charge in [0.05, 0.1) is 53.7 Å². The van der Waals surface area contributed by atoms with Gasteiger partial charge in [-0.1, -0.05) is 59.1 Å². The van der Waals surface area contributed by atoms with E-state index in [9.17, 15) is 42.7 Å². The van der Waals surface area contributed by atoms with Gasteiger partial charge in [-0.25, -0.2) is 4.98 Å². The van der Waals surface area contributed by atoms with Crippen LogP contribution in [0.5, 0.6) is 17.2 Å². The molecule has 304 valence electrons. The van der Waals surface area contributed by atoms with Crippen LogP contribution in [0.3, 0.4) is 0 Å². The lowest BCUT2D eigenvalue weighted by atomic mass is 9.49. The fraction of sp³-hybridized carbons (Fsp3) is 0.275. The topological polar surface area (TPSA) is 179 Å². The van der Waals surface area contributed by atoms with Crippen molar-refractivity contribution in [1.82, 2.24) is 9.99 Å². The number of aromatic hydroxyl groups is 1. The molecule has 19 heteroatoms. The number of hydrazine groups is 1. The third-order valence-corrected chi connectivity index (χ3v) is 12.4. The summed E-state index contributed by atoms with van der Waals surface area (Å²) in [5.41, 5.74) is 0.321. The maximum Gasteiger partial charge on any atom is 0.488 e. The number of halogens is 5. The van der Waals surface area contributed by atoms with Crippen LogP contribution in [-0.4, -0.2) is 70.1 Å². The highest BCUT2D eigenvalue weighted by molar-refractivity contribution is 6.58. The van der Waals surface area contributed by atoms with Gasteiger partial charge in [0.2, 0.25) is 11.8 Å². The Kier molecular flexibility index (Phi) is 9.93. The smallest absolute Gasteiger partial charge is 0.488 e. The molecule has 4 aliphatic rings. The Morgan fingerprint density at radius 2 is 1.66 bits per heavy atom. The highest BCUT2D eigenvalue weighted by atomic mass is 35.5. The number of fused-ring (bicyclic) bond motifs is 4. The lowest BCUT2D eigenvalue weighted by molar-refractivity contribution is -0.139. The summed E-state index contributed by atoms with van der Waals surface area (Å²) in [5.74, 6) is -9.11. The molecule has 0 bridgehead atoms. The molecule has 2 aliphatic carbocycles. The minimum atomic E-state index is -4.80. The summed E-state index contributed by atoms with van der Waals surface area (Å²) in [6.07, 6.45) is -2.75. The molecule has 3 aromatic carbocycles. The van der Waals surface area contributed by atoms with Gasteiger partial charge in [0.1, 0.15) is 17.2 Å². The second-order valence-corrected chi connectivity index (χ2v) is 15.5. The van der Waals surface area contributed by atoms with Crippen molar-refractivity contribution in [3.8, 4) is 17.2 Å². The zero-order valence-electron chi connectivity index (χ0n) is 30.9. The van der Waals surface area contributed by atoms with Gasteiger partial charge in [0.25, 0.3) is 11.8 Å². The molecule has 6 atom stereocenters. The predicted octanol–water partition coefficient (Wildman–Crippen LogP) is 5.00. The largest absolute Gasteiger partial charge is 0.507 e. The molecule has 4 aromatic rings. The van der Waals surface area contributed by atoms with Gasteiger partial charge in [-0.3, -0.25) is 29.5 Å². The quantitative estimate of drug-likeness (QED) is 0.107. The molecule has 2 saturated heterocycles. The average molecular weight is 851 g/mol. The van der Waals surface area contributed by atoms with E-state index in [1.54, 1.807) is 18.2 Å². The number of phenols is 1. The van der Waals surface area contributed by atoms with Gasteiger partial charge in [-0.15, -0.1) is 0 Å². The first-order chi connectivity index (χ1) is 28.0. The zero-order valence-corrected chi connectivity index (χ0v) is 32.4. The van der Waals surface area contributed by atoms with E-state index in [0.717, 1.165) is 4.90 Å². The number of phenolic OH excluding ortho intramolecular Hbond substituents is 1. The Hall–Kier alpha value is -5.62. The number of hydrogen-bond donors (Lipinski definition) is 4. The summed E-state index contributed by atoms with van der Waals surface area (Å²) in [6, 6.07) is 15.2. The summed E-state index contributed by atoms with van der Waals surface area (Å²) in [5, 5.41) is 32.0. The van der Waals surface area contributed by atoms with Crippen molar-refractivity contribution in [2.24, 2.45) is 23.7 Å². The minimum Gasteiger partial charge on any atom is -0.507 e. The van der Waals surface area contributed by atoms with Crippen molar-refractivity contribution in [3.63, 3.8) is 0 Å². The van der Waals surface area contributed by atoms with E-state index in [1.165, 1.54) is 62.8 Å². The summed E-state index contributed by atoms with van der Waals surface area (Å²) in [4.78, 5) is 64.0. The monoisotopic (exact) mass is 850 g/mol. The number of nitrogens with one attached hydrogen (secondary N) is 1. The lowest BCUT2D eigenvalue weighted by Gasteiger charge is -2.50. The first-order valence-electron chi connectivity index (χ1n) is 18.1. The third-order valence-electron chi connectivity index (χ3n) is 11.8. The molecule has 0 radical (unpaired) electrons. The number of rotatable bonds is 8. The summed E-state index contributed by atoms with van der Waals surface area (Å²) in [6.45, 7) is 0. The second kappa shape index (κ2) is 14.6. The van der Waals surface area contributed by atoms with Gasteiger partial charge in [-0.2, -0.15) is 18.2 Å². The maximum atomic E-state index is 15.5. The van der Waals surface area contributed by atoms with E-state index in [-0.39, 0.29) is 51.6 Å². The van der Waals surface area contributed by atoms with Gasteiger partial charge < -0.3 is 24.6 Å². The van der Waals surface area contributed by atoms with Crippen LogP contribution in [0.25, 0.3) is 0 Å². The molecule has 8 rings (SSSR count). The molecule has 4 N–H and O–H groups in total. The molecule has 3 fully saturated rings. The van der Waals surface area contributed by atoms with Crippen LogP contribution >= 0.6 is 23.2 Å². The van der Waals surface area contributed by atoms with Gasteiger partial charge in [0, 0.05) is 34.8 Å². The van der Waals surface area contributed by atoms with Crippen LogP contribution in [0.2, 0.25) is 10.0 Å². The summed E-state index contributed by atoms with van der Waals surface area (Å²) in [7, 11) is 0.812. The van der Waals surface area contributed by atoms with Crippen molar-refractivity contribution in [3.05, 3.63) is 111 Å². The molecule has 1 aromatic heterocycles. The molecule has 13 nitrogen and oxygen atoms in total. The normalized spacial score (nSPS) is 25.0. The number of methoxy groups -OCH3 is 2. The van der Waals surface area contributed by atoms with Crippen LogP contribution in [0, 0.1) is 23.7 Å². The molecular weight excluding hydrogens is 819 g/mol. The number of carbonyl (C=O) groups is 4. The van der Waals surface area contributed by atoms with Crippen LogP contribution in [0.15, 0.2) is 84.6 Å². The van der Waals surface area contributed by atoms with Crippen molar-refractivity contribution in [2.45, 2.75) is 30.4 Å². The molecule has 0 unspecified atom stereocenters. The van der Waals surface area contributed by atoms with Crippen LogP contribution in [0.1, 0.15) is 35.4 Å². The number of imide groups is 2. The van der Waals surface area contributed by atoms with Crippen LogP contribution < -0.4 is 25.3 Å². The molecule has 4 amide bonds. The number of alkyl halides is 3. The number of carbonyl (C=O) groups excluding carboxylic acids is 4. The number of pyridine rings is 1. The van der Waals surface area contributed by atoms with E-state index in [1.807, 2.05) is 0 Å². The highest BCUT2D eigenvalue weighted by Gasteiger charge is 2.71. The Balaban J connectivity index is 1.34. The average Bonchev–Trinajstić information content (AvgIpc) is 3.58. The van der Waals surface area contributed by atoms with Crippen molar-refractivity contribution in [1.29, 1.82) is 0 Å². The number of hydrogen-bond acceptors (Lipinski definition) is 11. The minimum absolute atomic E-state index is 0.00612. The number of nitrogens with zero attached hydrogens (tertiary/aromatic N) is 3. The lowest BCUT2D eigenvalue weighted by Crippen LogP contribution is -2.53. The Morgan fingerprint density at radius 3 is 2.31 bits per heavy atom. The Bertz CT molecular complexity index is 2470. The molecule has 3 heterocycles. The third kappa shape index (κ3) is 6.21. The highest BCUT2D eigenvalue weighted by Crippen LogP contribution is 2.66. The van der Waals surface area contributed by atoms with E-state index in [4.69, 9.17) is 32.7 Å². The fourth-order valence-corrected chi connectivity index (χ4v) is 9.67. The first-order valence-corrected chi connectivity index (χ1v) is 18.9.